The minimum atomic E-state index is -0.0715. The number of carbonyl (C=O) groups excluding carboxylic acids is 1. The standard InChI is InChI=1S/C16H27N3O2/c1-5-8-14-9-12(10-15(18-14)17-7-3)16(20)19-13(6-2)11-21-4/h9-10,13H,5-8,11H2,1-4H3,(H,17,18)(H,19,20). The molecule has 1 unspecified atom stereocenters. The second-order valence-electron chi connectivity index (χ2n) is 5.05. The molecular formula is C16H27N3O2. The maximum atomic E-state index is 12.4. The van der Waals surface area contributed by atoms with Crippen molar-refractivity contribution in [3.63, 3.8) is 0 Å². The zero-order valence-electron chi connectivity index (χ0n) is 13.5. The number of carbonyl (C=O) groups is 1. The van der Waals surface area contributed by atoms with Gasteiger partial charge in [0.1, 0.15) is 5.82 Å². The maximum Gasteiger partial charge on any atom is 0.251 e. The zero-order chi connectivity index (χ0) is 15.7. The number of hydrogen-bond donors (Lipinski definition) is 2. The Morgan fingerprint density at radius 1 is 1.33 bits per heavy atom. The van der Waals surface area contributed by atoms with E-state index in [1.165, 1.54) is 0 Å². The minimum absolute atomic E-state index is 0.0351. The average molecular weight is 293 g/mol. The summed E-state index contributed by atoms with van der Waals surface area (Å²) >= 11 is 0. The van der Waals surface area contributed by atoms with E-state index in [-0.39, 0.29) is 11.9 Å². The third-order valence-electron chi connectivity index (χ3n) is 3.20. The number of aromatic nitrogens is 1. The molecule has 5 heteroatoms. The third-order valence-corrected chi connectivity index (χ3v) is 3.20. The molecule has 1 heterocycles. The van der Waals surface area contributed by atoms with Crippen LogP contribution in [0.1, 0.15) is 49.7 Å². The van der Waals surface area contributed by atoms with Crippen LogP contribution in [0.5, 0.6) is 0 Å². The van der Waals surface area contributed by atoms with E-state index in [0.717, 1.165) is 37.3 Å². The summed E-state index contributed by atoms with van der Waals surface area (Å²) in [6.45, 7) is 7.45. The number of pyridine rings is 1. The summed E-state index contributed by atoms with van der Waals surface area (Å²) in [4.78, 5) is 16.9. The molecule has 21 heavy (non-hydrogen) atoms. The quantitative estimate of drug-likeness (QED) is 0.734. The number of amides is 1. The Morgan fingerprint density at radius 2 is 2.10 bits per heavy atom. The van der Waals surface area contributed by atoms with Gasteiger partial charge in [-0.05, 0) is 31.9 Å². The van der Waals surface area contributed by atoms with Crippen molar-refractivity contribution >= 4 is 11.7 Å². The third kappa shape index (κ3) is 5.71. The lowest BCUT2D eigenvalue weighted by Gasteiger charge is -2.16. The van der Waals surface area contributed by atoms with Gasteiger partial charge in [0.15, 0.2) is 0 Å². The number of anilines is 1. The molecule has 0 spiro atoms. The summed E-state index contributed by atoms with van der Waals surface area (Å²) in [6, 6.07) is 3.71. The first-order valence-corrected chi connectivity index (χ1v) is 7.69. The highest BCUT2D eigenvalue weighted by molar-refractivity contribution is 5.95. The van der Waals surface area contributed by atoms with Gasteiger partial charge in [-0.15, -0.1) is 0 Å². The predicted octanol–water partition coefficient (Wildman–Crippen LogP) is 2.62. The number of hydrogen-bond acceptors (Lipinski definition) is 4. The molecule has 1 atom stereocenters. The van der Waals surface area contributed by atoms with Crippen molar-refractivity contribution in [2.24, 2.45) is 0 Å². The zero-order valence-corrected chi connectivity index (χ0v) is 13.5. The van der Waals surface area contributed by atoms with E-state index in [1.54, 1.807) is 13.2 Å². The number of ether oxygens (including phenoxy) is 1. The van der Waals surface area contributed by atoms with E-state index in [2.05, 4.69) is 22.5 Å². The van der Waals surface area contributed by atoms with Crippen LogP contribution in [-0.2, 0) is 11.2 Å². The van der Waals surface area contributed by atoms with Gasteiger partial charge in [0.2, 0.25) is 0 Å². The first-order valence-electron chi connectivity index (χ1n) is 7.69. The van der Waals surface area contributed by atoms with Gasteiger partial charge < -0.3 is 15.4 Å². The van der Waals surface area contributed by atoms with E-state index in [9.17, 15) is 4.79 Å². The average Bonchev–Trinajstić information content (AvgIpc) is 2.47. The fourth-order valence-corrected chi connectivity index (χ4v) is 2.11. The molecule has 2 N–H and O–H groups in total. The largest absolute Gasteiger partial charge is 0.383 e. The van der Waals surface area contributed by atoms with Crippen LogP contribution < -0.4 is 10.6 Å². The van der Waals surface area contributed by atoms with Crippen LogP contribution in [0, 0.1) is 0 Å². The Balaban J connectivity index is 2.90. The fraction of sp³-hybridized carbons (Fsp3) is 0.625. The van der Waals surface area contributed by atoms with Gasteiger partial charge in [0, 0.05) is 24.9 Å². The SMILES string of the molecule is CCCc1cc(C(=O)NC(CC)COC)cc(NCC)n1. The Hall–Kier alpha value is -1.62. The first kappa shape index (κ1) is 17.4. The number of aryl methyl sites for hydroxylation is 1. The van der Waals surface area contributed by atoms with Crippen LogP contribution in [0.2, 0.25) is 0 Å². The summed E-state index contributed by atoms with van der Waals surface area (Å²) < 4.78 is 5.12. The van der Waals surface area contributed by atoms with Crippen LogP contribution in [0.25, 0.3) is 0 Å². The van der Waals surface area contributed by atoms with Gasteiger partial charge in [-0.25, -0.2) is 4.98 Å². The van der Waals surface area contributed by atoms with E-state index >= 15 is 0 Å². The highest BCUT2D eigenvalue weighted by Gasteiger charge is 2.14. The molecule has 0 aliphatic carbocycles. The highest BCUT2D eigenvalue weighted by atomic mass is 16.5. The first-order chi connectivity index (χ1) is 10.1. The van der Waals surface area contributed by atoms with Gasteiger partial charge in [-0.3, -0.25) is 4.79 Å². The van der Waals surface area contributed by atoms with Crippen molar-refractivity contribution in [1.82, 2.24) is 10.3 Å². The number of nitrogens with one attached hydrogen (secondary N) is 2. The van der Waals surface area contributed by atoms with Gasteiger partial charge in [0.25, 0.3) is 5.91 Å². The highest BCUT2D eigenvalue weighted by Crippen LogP contribution is 2.12. The molecule has 118 valence electrons. The predicted molar refractivity (Wildman–Crippen MR) is 85.8 cm³/mol. The summed E-state index contributed by atoms with van der Waals surface area (Å²) in [7, 11) is 1.64. The minimum Gasteiger partial charge on any atom is -0.383 e. The molecule has 0 radical (unpaired) electrons. The van der Waals surface area contributed by atoms with Crippen molar-refractivity contribution in [2.75, 3.05) is 25.6 Å². The maximum absolute atomic E-state index is 12.4. The summed E-state index contributed by atoms with van der Waals surface area (Å²) in [6.07, 6.45) is 2.71. The second-order valence-corrected chi connectivity index (χ2v) is 5.05. The van der Waals surface area contributed by atoms with Crippen LogP contribution in [0.15, 0.2) is 12.1 Å². The molecule has 0 aromatic carbocycles. The summed E-state index contributed by atoms with van der Waals surface area (Å²) in [5.74, 6) is 0.686. The molecule has 0 aliphatic heterocycles. The molecular weight excluding hydrogens is 266 g/mol. The van der Waals surface area contributed by atoms with Crippen molar-refractivity contribution in [2.45, 2.75) is 46.1 Å². The molecule has 0 saturated carbocycles. The fourth-order valence-electron chi connectivity index (χ4n) is 2.11. The molecule has 1 rings (SSSR count). The van der Waals surface area contributed by atoms with Crippen molar-refractivity contribution in [3.05, 3.63) is 23.4 Å². The van der Waals surface area contributed by atoms with Gasteiger partial charge in [-0.1, -0.05) is 20.3 Å². The van der Waals surface area contributed by atoms with E-state index in [0.29, 0.717) is 12.2 Å². The number of rotatable bonds is 9. The van der Waals surface area contributed by atoms with Gasteiger partial charge in [-0.2, -0.15) is 0 Å². The lowest BCUT2D eigenvalue weighted by atomic mass is 10.1. The molecule has 1 amide bonds. The van der Waals surface area contributed by atoms with Crippen LogP contribution in [0.3, 0.4) is 0 Å². The number of methoxy groups -OCH3 is 1. The molecule has 0 fully saturated rings. The van der Waals surface area contributed by atoms with Crippen LogP contribution in [-0.4, -0.2) is 37.2 Å². The smallest absolute Gasteiger partial charge is 0.251 e. The topological polar surface area (TPSA) is 63.2 Å². The van der Waals surface area contributed by atoms with Crippen LogP contribution in [0.4, 0.5) is 5.82 Å². The summed E-state index contributed by atoms with van der Waals surface area (Å²) in [5, 5.41) is 6.18. The molecule has 0 bridgehead atoms. The lowest BCUT2D eigenvalue weighted by Crippen LogP contribution is -2.37. The molecule has 5 nitrogen and oxygen atoms in total. The Bertz CT molecular complexity index is 425. The normalized spacial score (nSPS) is 12.0. The summed E-state index contributed by atoms with van der Waals surface area (Å²) in [5.41, 5.74) is 1.60. The Morgan fingerprint density at radius 3 is 2.67 bits per heavy atom. The van der Waals surface area contributed by atoms with Gasteiger partial charge >= 0.3 is 0 Å². The Labute approximate surface area is 127 Å². The molecule has 1 aromatic heterocycles. The van der Waals surface area contributed by atoms with Crippen molar-refractivity contribution in [3.8, 4) is 0 Å². The molecule has 0 saturated heterocycles. The second kappa shape index (κ2) is 9.34. The van der Waals surface area contributed by atoms with Crippen molar-refractivity contribution in [1.29, 1.82) is 0 Å². The van der Waals surface area contributed by atoms with E-state index < -0.39 is 0 Å². The van der Waals surface area contributed by atoms with Gasteiger partial charge in [0.05, 0.1) is 12.6 Å². The van der Waals surface area contributed by atoms with Crippen LogP contribution >= 0.6 is 0 Å². The molecule has 1 aromatic rings. The van der Waals surface area contributed by atoms with Crippen molar-refractivity contribution < 1.29 is 9.53 Å². The lowest BCUT2D eigenvalue weighted by molar-refractivity contribution is 0.0894. The molecule has 0 aliphatic rings. The van der Waals surface area contributed by atoms with E-state index in [4.69, 9.17) is 4.74 Å². The number of nitrogens with zero attached hydrogens (tertiary/aromatic N) is 1. The van der Waals surface area contributed by atoms with E-state index in [1.807, 2.05) is 19.9 Å². The monoisotopic (exact) mass is 293 g/mol. The Kier molecular flexibility index (Phi) is 7.75.